The van der Waals surface area contributed by atoms with Gasteiger partial charge >= 0.3 is 6.09 Å². The number of hydrogen-bond donors (Lipinski definition) is 3. The number of anilines is 3. The molecule has 2 amide bonds. The number of hydrogen-bond acceptors (Lipinski definition) is 4. The summed E-state index contributed by atoms with van der Waals surface area (Å²) in [6.07, 6.45) is -0.596. The standard InChI is InChI=1S/C18H20FN3O3/c1-3-25-18(24)22-16-9-8-15(10-17(16)21-12(2)23)20-11-13-4-6-14(19)7-5-13/h4-10,20H,3,11H2,1-2H3,(H,21,23)(H,22,24). The maximum absolute atomic E-state index is 12.9. The minimum Gasteiger partial charge on any atom is -0.450 e. The van der Waals surface area contributed by atoms with Gasteiger partial charge in [0, 0.05) is 19.2 Å². The van der Waals surface area contributed by atoms with Gasteiger partial charge in [-0.2, -0.15) is 0 Å². The molecule has 0 atom stereocenters. The van der Waals surface area contributed by atoms with Crippen LogP contribution in [0.3, 0.4) is 0 Å². The van der Waals surface area contributed by atoms with Gasteiger partial charge < -0.3 is 15.4 Å². The van der Waals surface area contributed by atoms with Crippen molar-refractivity contribution in [2.45, 2.75) is 20.4 Å². The van der Waals surface area contributed by atoms with Crippen molar-refractivity contribution in [2.75, 3.05) is 22.6 Å². The van der Waals surface area contributed by atoms with Crippen molar-refractivity contribution in [3.63, 3.8) is 0 Å². The number of ether oxygens (including phenoxy) is 1. The van der Waals surface area contributed by atoms with Crippen molar-refractivity contribution < 1.29 is 18.7 Å². The molecule has 0 aliphatic heterocycles. The van der Waals surface area contributed by atoms with Crippen LogP contribution in [0.5, 0.6) is 0 Å². The fourth-order valence-electron chi connectivity index (χ4n) is 2.14. The second kappa shape index (κ2) is 8.68. The smallest absolute Gasteiger partial charge is 0.411 e. The monoisotopic (exact) mass is 345 g/mol. The van der Waals surface area contributed by atoms with Gasteiger partial charge in [0.2, 0.25) is 5.91 Å². The molecule has 0 saturated heterocycles. The number of nitrogens with one attached hydrogen (secondary N) is 3. The summed E-state index contributed by atoms with van der Waals surface area (Å²) in [5, 5.41) is 8.43. The molecule has 6 nitrogen and oxygen atoms in total. The predicted octanol–water partition coefficient (Wildman–Crippen LogP) is 3.96. The van der Waals surface area contributed by atoms with E-state index in [0.717, 1.165) is 11.3 Å². The van der Waals surface area contributed by atoms with Crippen LogP contribution in [0, 0.1) is 5.82 Å². The van der Waals surface area contributed by atoms with Gasteiger partial charge in [-0.1, -0.05) is 12.1 Å². The summed E-state index contributed by atoms with van der Waals surface area (Å²) in [5.74, 6) is -0.548. The van der Waals surface area contributed by atoms with E-state index in [1.807, 2.05) is 0 Å². The molecule has 0 fully saturated rings. The molecule has 2 aromatic rings. The van der Waals surface area contributed by atoms with E-state index in [1.54, 1.807) is 37.3 Å². The third-order valence-corrected chi connectivity index (χ3v) is 3.25. The normalized spacial score (nSPS) is 10.0. The Balaban J connectivity index is 2.12. The van der Waals surface area contributed by atoms with E-state index in [4.69, 9.17) is 4.74 Å². The molecule has 0 heterocycles. The first-order chi connectivity index (χ1) is 12.0. The Morgan fingerprint density at radius 1 is 1.04 bits per heavy atom. The minimum atomic E-state index is -0.596. The van der Waals surface area contributed by atoms with E-state index in [0.29, 0.717) is 17.9 Å². The zero-order valence-electron chi connectivity index (χ0n) is 14.1. The Morgan fingerprint density at radius 2 is 1.76 bits per heavy atom. The van der Waals surface area contributed by atoms with Gasteiger partial charge in [0.1, 0.15) is 5.82 Å². The summed E-state index contributed by atoms with van der Waals surface area (Å²) in [5.41, 5.74) is 2.53. The number of carbonyl (C=O) groups excluding carboxylic acids is 2. The van der Waals surface area contributed by atoms with Crippen LogP contribution in [-0.2, 0) is 16.1 Å². The molecule has 0 aromatic heterocycles. The van der Waals surface area contributed by atoms with Gasteiger partial charge in [0.15, 0.2) is 0 Å². The first kappa shape index (κ1) is 18.3. The lowest BCUT2D eigenvalue weighted by atomic mass is 10.2. The van der Waals surface area contributed by atoms with Crippen LogP contribution in [0.2, 0.25) is 0 Å². The molecule has 0 radical (unpaired) electrons. The van der Waals surface area contributed by atoms with E-state index in [1.165, 1.54) is 19.1 Å². The maximum atomic E-state index is 12.9. The SMILES string of the molecule is CCOC(=O)Nc1ccc(NCc2ccc(F)cc2)cc1NC(C)=O. The van der Waals surface area contributed by atoms with Crippen LogP contribution in [0.25, 0.3) is 0 Å². The summed E-state index contributed by atoms with van der Waals surface area (Å²) >= 11 is 0. The number of carbonyl (C=O) groups is 2. The van der Waals surface area contributed by atoms with E-state index < -0.39 is 6.09 Å². The van der Waals surface area contributed by atoms with Crippen LogP contribution < -0.4 is 16.0 Å². The highest BCUT2D eigenvalue weighted by Gasteiger charge is 2.10. The Hall–Kier alpha value is -3.09. The molecular weight excluding hydrogens is 325 g/mol. The van der Waals surface area contributed by atoms with E-state index in [2.05, 4.69) is 16.0 Å². The summed E-state index contributed by atoms with van der Waals surface area (Å²) in [7, 11) is 0. The number of halogens is 1. The Morgan fingerprint density at radius 3 is 2.40 bits per heavy atom. The van der Waals surface area contributed by atoms with Crippen LogP contribution in [0.4, 0.5) is 26.2 Å². The largest absolute Gasteiger partial charge is 0.450 e. The Bertz CT molecular complexity index is 748. The molecule has 0 spiro atoms. The lowest BCUT2D eigenvalue weighted by Gasteiger charge is -2.14. The van der Waals surface area contributed by atoms with Gasteiger partial charge in [0.05, 0.1) is 18.0 Å². The van der Waals surface area contributed by atoms with Crippen molar-refractivity contribution >= 4 is 29.1 Å². The number of amides is 2. The fraction of sp³-hybridized carbons (Fsp3) is 0.222. The highest BCUT2D eigenvalue weighted by atomic mass is 19.1. The predicted molar refractivity (Wildman–Crippen MR) is 95.1 cm³/mol. The highest BCUT2D eigenvalue weighted by Crippen LogP contribution is 2.26. The van der Waals surface area contributed by atoms with Gasteiger partial charge in [-0.05, 0) is 42.8 Å². The first-order valence-corrected chi connectivity index (χ1v) is 7.81. The lowest BCUT2D eigenvalue weighted by Crippen LogP contribution is -2.16. The molecule has 2 rings (SSSR count). The van der Waals surface area contributed by atoms with E-state index in [9.17, 15) is 14.0 Å². The average Bonchev–Trinajstić information content (AvgIpc) is 2.56. The lowest BCUT2D eigenvalue weighted by molar-refractivity contribution is -0.114. The molecule has 7 heteroatoms. The van der Waals surface area contributed by atoms with Crippen LogP contribution >= 0.6 is 0 Å². The van der Waals surface area contributed by atoms with Gasteiger partial charge in [0.25, 0.3) is 0 Å². The van der Waals surface area contributed by atoms with Crippen molar-refractivity contribution in [3.8, 4) is 0 Å². The Labute approximate surface area is 145 Å². The first-order valence-electron chi connectivity index (χ1n) is 7.81. The average molecular weight is 345 g/mol. The topological polar surface area (TPSA) is 79.5 Å². The molecular formula is C18H20FN3O3. The van der Waals surface area contributed by atoms with Crippen molar-refractivity contribution in [2.24, 2.45) is 0 Å². The fourth-order valence-corrected chi connectivity index (χ4v) is 2.14. The highest BCUT2D eigenvalue weighted by molar-refractivity contribution is 5.97. The van der Waals surface area contributed by atoms with Crippen molar-refractivity contribution in [3.05, 3.63) is 53.8 Å². The van der Waals surface area contributed by atoms with Crippen LogP contribution in [-0.4, -0.2) is 18.6 Å². The van der Waals surface area contributed by atoms with Gasteiger partial charge in [-0.3, -0.25) is 10.1 Å². The molecule has 0 bridgehead atoms. The van der Waals surface area contributed by atoms with Crippen LogP contribution in [0.15, 0.2) is 42.5 Å². The van der Waals surface area contributed by atoms with Crippen LogP contribution in [0.1, 0.15) is 19.4 Å². The summed E-state index contributed by atoms with van der Waals surface area (Å²) in [4.78, 5) is 23.0. The number of rotatable bonds is 6. The molecule has 25 heavy (non-hydrogen) atoms. The van der Waals surface area contributed by atoms with Gasteiger partial charge in [-0.25, -0.2) is 9.18 Å². The number of benzene rings is 2. The van der Waals surface area contributed by atoms with Crippen molar-refractivity contribution in [1.82, 2.24) is 0 Å². The van der Waals surface area contributed by atoms with E-state index in [-0.39, 0.29) is 18.3 Å². The molecule has 132 valence electrons. The Kier molecular flexibility index (Phi) is 6.33. The zero-order valence-corrected chi connectivity index (χ0v) is 14.1. The van der Waals surface area contributed by atoms with Gasteiger partial charge in [-0.15, -0.1) is 0 Å². The molecule has 0 aliphatic carbocycles. The quantitative estimate of drug-likeness (QED) is 0.740. The third-order valence-electron chi connectivity index (χ3n) is 3.25. The van der Waals surface area contributed by atoms with E-state index >= 15 is 0 Å². The zero-order chi connectivity index (χ0) is 18.2. The summed E-state index contributed by atoms with van der Waals surface area (Å²) in [6.45, 7) is 3.83. The summed E-state index contributed by atoms with van der Waals surface area (Å²) in [6, 6.07) is 11.3. The second-order valence-corrected chi connectivity index (χ2v) is 5.27. The third kappa shape index (κ3) is 5.80. The molecule has 3 N–H and O–H groups in total. The molecule has 0 unspecified atom stereocenters. The van der Waals surface area contributed by atoms with Crippen molar-refractivity contribution in [1.29, 1.82) is 0 Å². The summed E-state index contributed by atoms with van der Waals surface area (Å²) < 4.78 is 17.8. The molecule has 0 saturated carbocycles. The molecule has 0 aliphatic rings. The minimum absolute atomic E-state index is 0.249. The maximum Gasteiger partial charge on any atom is 0.411 e. The second-order valence-electron chi connectivity index (χ2n) is 5.27. The molecule has 2 aromatic carbocycles.